The summed E-state index contributed by atoms with van der Waals surface area (Å²) in [7, 11) is 0. The molecule has 1 N–H and O–H groups in total. The van der Waals surface area contributed by atoms with E-state index >= 15 is 0 Å². The summed E-state index contributed by atoms with van der Waals surface area (Å²) < 4.78 is 16.7. The fourth-order valence-corrected chi connectivity index (χ4v) is 3.27. The van der Waals surface area contributed by atoms with E-state index < -0.39 is 0 Å². The summed E-state index contributed by atoms with van der Waals surface area (Å²) in [6.07, 6.45) is 3.31. The summed E-state index contributed by atoms with van der Waals surface area (Å²) in [6.45, 7) is 2.99. The van der Waals surface area contributed by atoms with Crippen LogP contribution in [0.3, 0.4) is 0 Å². The van der Waals surface area contributed by atoms with Crippen molar-refractivity contribution in [3.63, 3.8) is 0 Å². The molecule has 2 aromatic heterocycles. The summed E-state index contributed by atoms with van der Waals surface area (Å²) in [5.41, 5.74) is 1.68. The van der Waals surface area contributed by atoms with E-state index in [1.54, 1.807) is 18.5 Å². The van der Waals surface area contributed by atoms with Crippen LogP contribution in [0.25, 0.3) is 11.5 Å². The Morgan fingerprint density at radius 2 is 2.07 bits per heavy atom. The molecule has 28 heavy (non-hydrogen) atoms. The van der Waals surface area contributed by atoms with Crippen LogP contribution in [-0.2, 0) is 4.79 Å². The van der Waals surface area contributed by atoms with E-state index in [4.69, 9.17) is 13.9 Å². The Balaban J connectivity index is 1.31. The molecule has 0 aliphatic carbocycles. The van der Waals surface area contributed by atoms with Crippen LogP contribution >= 0.6 is 11.8 Å². The fraction of sp³-hybridized carbons (Fsp3) is 0.263. The second-order valence-corrected chi connectivity index (χ2v) is 7.02. The molecule has 0 radical (unpaired) electrons. The maximum absolute atomic E-state index is 12.3. The predicted octanol–water partition coefficient (Wildman–Crippen LogP) is 2.87. The van der Waals surface area contributed by atoms with E-state index in [-0.39, 0.29) is 17.7 Å². The quantitative estimate of drug-likeness (QED) is 0.633. The number of carbonyl (C=O) groups excluding carboxylic acids is 1. The van der Waals surface area contributed by atoms with E-state index in [2.05, 4.69) is 20.5 Å². The van der Waals surface area contributed by atoms with E-state index in [1.165, 1.54) is 11.8 Å². The van der Waals surface area contributed by atoms with Gasteiger partial charge in [0.2, 0.25) is 11.8 Å². The molecule has 3 aromatic rings. The first kappa shape index (κ1) is 18.3. The smallest absolute Gasteiger partial charge is 0.277 e. The van der Waals surface area contributed by atoms with Crippen LogP contribution in [0, 0.1) is 0 Å². The van der Waals surface area contributed by atoms with Gasteiger partial charge in [-0.25, -0.2) is 0 Å². The number of hydrogen-bond acceptors (Lipinski definition) is 8. The molecule has 0 saturated carbocycles. The topological polar surface area (TPSA) is 99.4 Å². The molecule has 1 atom stereocenters. The molecule has 0 spiro atoms. The largest absolute Gasteiger partial charge is 0.486 e. The summed E-state index contributed by atoms with van der Waals surface area (Å²) in [4.78, 5) is 16.3. The first-order chi connectivity index (χ1) is 13.7. The lowest BCUT2D eigenvalue weighted by Crippen LogP contribution is -2.28. The van der Waals surface area contributed by atoms with Crippen LogP contribution in [0.15, 0.2) is 52.4 Å². The third-order valence-corrected chi connectivity index (χ3v) is 4.90. The van der Waals surface area contributed by atoms with E-state index in [0.29, 0.717) is 30.1 Å². The number of benzene rings is 1. The van der Waals surface area contributed by atoms with E-state index in [0.717, 1.165) is 16.9 Å². The third kappa shape index (κ3) is 4.25. The van der Waals surface area contributed by atoms with Crippen molar-refractivity contribution < 1.29 is 18.7 Å². The van der Waals surface area contributed by atoms with Gasteiger partial charge in [0.05, 0.1) is 17.4 Å². The lowest BCUT2D eigenvalue weighted by Gasteiger charge is -2.21. The summed E-state index contributed by atoms with van der Waals surface area (Å²) in [5, 5.41) is 11.2. The summed E-state index contributed by atoms with van der Waals surface area (Å²) >= 11 is 1.19. The maximum atomic E-state index is 12.3. The zero-order valence-corrected chi connectivity index (χ0v) is 15.9. The van der Waals surface area contributed by atoms with Crippen LogP contribution < -0.4 is 14.8 Å². The molecule has 9 heteroatoms. The lowest BCUT2D eigenvalue weighted by atomic mass is 10.1. The molecule has 8 nitrogen and oxygen atoms in total. The number of amides is 1. The number of nitrogens with one attached hydrogen (secondary N) is 1. The molecule has 4 rings (SSSR count). The van der Waals surface area contributed by atoms with Crippen LogP contribution in [0.5, 0.6) is 11.5 Å². The van der Waals surface area contributed by atoms with Crippen molar-refractivity contribution in [1.82, 2.24) is 20.5 Å². The SMILES string of the molecule is CC(NC(=O)CSc1nnc(-c2cccnc2)o1)c1ccc2c(c1)OCCO2. The molecule has 144 valence electrons. The molecule has 0 bridgehead atoms. The molecule has 0 fully saturated rings. The molecule has 1 aliphatic heterocycles. The number of thioether (sulfide) groups is 1. The minimum atomic E-state index is -0.169. The van der Waals surface area contributed by atoms with Crippen LogP contribution in [0.1, 0.15) is 18.5 Å². The molecule has 1 aliphatic rings. The number of nitrogens with zero attached hydrogens (tertiary/aromatic N) is 3. The maximum Gasteiger partial charge on any atom is 0.277 e. The van der Waals surface area contributed by atoms with Crippen LogP contribution in [0.4, 0.5) is 0 Å². The van der Waals surface area contributed by atoms with Crippen molar-refractivity contribution in [2.75, 3.05) is 19.0 Å². The summed E-state index contributed by atoms with van der Waals surface area (Å²) in [6, 6.07) is 9.13. The number of aromatic nitrogens is 3. The number of carbonyl (C=O) groups is 1. The zero-order valence-electron chi connectivity index (χ0n) is 15.1. The monoisotopic (exact) mass is 398 g/mol. The van der Waals surface area contributed by atoms with Gasteiger partial charge in [-0.1, -0.05) is 17.8 Å². The van der Waals surface area contributed by atoms with Crippen molar-refractivity contribution in [3.05, 3.63) is 48.3 Å². The Morgan fingerprint density at radius 1 is 1.21 bits per heavy atom. The van der Waals surface area contributed by atoms with Crippen molar-refractivity contribution in [1.29, 1.82) is 0 Å². The molecular formula is C19H18N4O4S. The highest BCUT2D eigenvalue weighted by atomic mass is 32.2. The van der Waals surface area contributed by atoms with Gasteiger partial charge in [0.1, 0.15) is 13.2 Å². The number of fused-ring (bicyclic) bond motifs is 1. The number of rotatable bonds is 6. The van der Waals surface area contributed by atoms with Gasteiger partial charge in [-0.15, -0.1) is 10.2 Å². The zero-order chi connectivity index (χ0) is 19.3. The minimum absolute atomic E-state index is 0.131. The van der Waals surface area contributed by atoms with Gasteiger partial charge >= 0.3 is 0 Å². The van der Waals surface area contributed by atoms with Gasteiger partial charge < -0.3 is 19.2 Å². The van der Waals surface area contributed by atoms with Gasteiger partial charge in [0.15, 0.2) is 11.5 Å². The Labute approximate surface area is 165 Å². The second-order valence-electron chi connectivity index (χ2n) is 6.10. The Morgan fingerprint density at radius 3 is 2.89 bits per heavy atom. The first-order valence-electron chi connectivity index (χ1n) is 8.74. The predicted molar refractivity (Wildman–Crippen MR) is 102 cm³/mol. The van der Waals surface area contributed by atoms with Gasteiger partial charge in [0.25, 0.3) is 5.22 Å². The van der Waals surface area contributed by atoms with E-state index in [9.17, 15) is 4.79 Å². The lowest BCUT2D eigenvalue weighted by molar-refractivity contribution is -0.119. The van der Waals surface area contributed by atoms with Crippen molar-refractivity contribution in [3.8, 4) is 23.0 Å². The normalized spacial score (nSPS) is 13.8. The average molecular weight is 398 g/mol. The first-order valence-corrected chi connectivity index (χ1v) is 9.73. The van der Waals surface area contributed by atoms with Gasteiger partial charge in [0, 0.05) is 12.4 Å². The molecule has 1 aromatic carbocycles. The Hall–Kier alpha value is -3.07. The van der Waals surface area contributed by atoms with Crippen molar-refractivity contribution >= 4 is 17.7 Å². The third-order valence-electron chi connectivity index (χ3n) is 4.09. The number of hydrogen-bond donors (Lipinski definition) is 1. The van der Waals surface area contributed by atoms with Gasteiger partial charge in [-0.05, 0) is 36.8 Å². The highest BCUT2D eigenvalue weighted by Crippen LogP contribution is 2.32. The summed E-state index contributed by atoms with van der Waals surface area (Å²) in [5.74, 6) is 1.84. The molecule has 0 saturated heterocycles. The average Bonchev–Trinajstić information content (AvgIpc) is 3.22. The van der Waals surface area contributed by atoms with Crippen molar-refractivity contribution in [2.45, 2.75) is 18.2 Å². The highest BCUT2D eigenvalue weighted by molar-refractivity contribution is 7.99. The number of ether oxygens (including phenoxy) is 2. The van der Waals surface area contributed by atoms with E-state index in [1.807, 2.05) is 31.2 Å². The Bertz CT molecular complexity index is 964. The molecule has 1 unspecified atom stereocenters. The van der Waals surface area contributed by atoms with Gasteiger partial charge in [-0.2, -0.15) is 0 Å². The van der Waals surface area contributed by atoms with Crippen molar-refractivity contribution in [2.24, 2.45) is 0 Å². The van der Waals surface area contributed by atoms with Crippen LogP contribution in [0.2, 0.25) is 0 Å². The fourth-order valence-electron chi connectivity index (χ4n) is 2.70. The Kier molecular flexibility index (Phi) is 5.43. The molecular weight excluding hydrogens is 380 g/mol. The standard InChI is InChI=1S/C19H18N4O4S/c1-12(13-4-5-15-16(9-13)26-8-7-25-15)21-17(24)11-28-19-23-22-18(27-19)14-3-2-6-20-10-14/h2-6,9-10,12H,7-8,11H2,1H3,(H,21,24). The van der Waals surface area contributed by atoms with Gasteiger partial charge in [-0.3, -0.25) is 9.78 Å². The minimum Gasteiger partial charge on any atom is -0.486 e. The molecule has 3 heterocycles. The second kappa shape index (κ2) is 8.30. The van der Waals surface area contributed by atoms with Crippen LogP contribution in [-0.4, -0.2) is 40.1 Å². The highest BCUT2D eigenvalue weighted by Gasteiger charge is 2.17. The molecule has 1 amide bonds. The number of pyridine rings is 1.